The van der Waals surface area contributed by atoms with Crippen LogP contribution < -0.4 is 0 Å². The third kappa shape index (κ3) is 2.81. The predicted octanol–water partition coefficient (Wildman–Crippen LogP) is 3.33. The first-order valence-electron chi connectivity index (χ1n) is 8.07. The van der Waals surface area contributed by atoms with Crippen LogP contribution in [0.1, 0.15) is 21.5 Å². The maximum absolute atomic E-state index is 12.8. The molecule has 0 spiro atoms. The average Bonchev–Trinajstić information content (AvgIpc) is 2.55. The molecule has 118 valence electrons. The van der Waals surface area contributed by atoms with Gasteiger partial charge in [-0.25, -0.2) is 0 Å². The van der Waals surface area contributed by atoms with Gasteiger partial charge in [0.1, 0.15) is 0 Å². The Bertz CT molecular complexity index is 731. The zero-order valence-corrected chi connectivity index (χ0v) is 14.5. The van der Waals surface area contributed by atoms with Crippen molar-refractivity contribution in [3.05, 3.63) is 69.7 Å². The Kier molecular flexibility index (Phi) is 3.95. The van der Waals surface area contributed by atoms with Crippen molar-refractivity contribution in [3.63, 3.8) is 0 Å². The fraction of sp³-hybridized carbons (Fsp3) is 0.316. The number of amides is 1. The molecule has 2 heterocycles. The molecule has 0 aliphatic carbocycles. The minimum atomic E-state index is 0.183. The summed E-state index contributed by atoms with van der Waals surface area (Å²) in [5.74, 6) is 0.183. The van der Waals surface area contributed by atoms with E-state index in [-0.39, 0.29) is 5.91 Å². The SMILES string of the molecule is O=C1c2c(Br)cccc2CC2CN(Cc3ccccc3)CCN12. The summed E-state index contributed by atoms with van der Waals surface area (Å²) in [5, 5.41) is 0. The Morgan fingerprint density at radius 1 is 1.04 bits per heavy atom. The van der Waals surface area contributed by atoms with Crippen LogP contribution in [0.4, 0.5) is 0 Å². The second kappa shape index (κ2) is 6.10. The van der Waals surface area contributed by atoms with Gasteiger partial charge in [-0.15, -0.1) is 0 Å². The van der Waals surface area contributed by atoms with Crippen LogP contribution in [-0.4, -0.2) is 41.4 Å². The number of hydrogen-bond donors (Lipinski definition) is 0. The lowest BCUT2D eigenvalue weighted by atomic mass is 9.91. The van der Waals surface area contributed by atoms with E-state index >= 15 is 0 Å². The summed E-state index contributed by atoms with van der Waals surface area (Å²) < 4.78 is 0.921. The Morgan fingerprint density at radius 3 is 2.70 bits per heavy atom. The van der Waals surface area contributed by atoms with Gasteiger partial charge in [-0.05, 0) is 39.5 Å². The van der Waals surface area contributed by atoms with Crippen LogP contribution in [-0.2, 0) is 13.0 Å². The molecule has 4 rings (SSSR count). The lowest BCUT2D eigenvalue weighted by molar-refractivity contribution is 0.0400. The number of fused-ring (bicyclic) bond motifs is 2. The zero-order chi connectivity index (χ0) is 15.8. The highest BCUT2D eigenvalue weighted by molar-refractivity contribution is 9.10. The molecule has 0 radical (unpaired) electrons. The fourth-order valence-corrected chi connectivity index (χ4v) is 4.30. The zero-order valence-electron chi connectivity index (χ0n) is 12.9. The van der Waals surface area contributed by atoms with Crippen molar-refractivity contribution in [2.24, 2.45) is 0 Å². The quantitative estimate of drug-likeness (QED) is 0.809. The molecule has 1 saturated heterocycles. The van der Waals surface area contributed by atoms with Gasteiger partial charge in [0, 0.05) is 36.7 Å². The van der Waals surface area contributed by atoms with Crippen molar-refractivity contribution >= 4 is 21.8 Å². The number of benzene rings is 2. The maximum atomic E-state index is 12.8. The molecule has 0 bridgehead atoms. The molecular formula is C19H19BrN2O. The summed E-state index contributed by atoms with van der Waals surface area (Å²) in [5.41, 5.74) is 3.37. The number of piperazine rings is 1. The van der Waals surface area contributed by atoms with E-state index in [1.807, 2.05) is 12.1 Å². The normalized spacial score (nSPS) is 21.0. The Labute approximate surface area is 145 Å². The van der Waals surface area contributed by atoms with Gasteiger partial charge < -0.3 is 4.90 Å². The van der Waals surface area contributed by atoms with Gasteiger partial charge in [-0.2, -0.15) is 0 Å². The highest BCUT2D eigenvalue weighted by Gasteiger charge is 2.37. The number of nitrogens with zero attached hydrogens (tertiary/aromatic N) is 2. The molecule has 1 unspecified atom stereocenters. The van der Waals surface area contributed by atoms with Gasteiger partial charge in [0.05, 0.1) is 5.56 Å². The molecule has 2 aromatic carbocycles. The van der Waals surface area contributed by atoms with Gasteiger partial charge in [-0.1, -0.05) is 42.5 Å². The van der Waals surface area contributed by atoms with Gasteiger partial charge in [0.25, 0.3) is 5.91 Å². The van der Waals surface area contributed by atoms with Crippen molar-refractivity contribution in [3.8, 4) is 0 Å². The topological polar surface area (TPSA) is 23.6 Å². The van der Waals surface area contributed by atoms with Crippen molar-refractivity contribution in [1.29, 1.82) is 0 Å². The van der Waals surface area contributed by atoms with E-state index < -0.39 is 0 Å². The highest BCUT2D eigenvalue weighted by Crippen LogP contribution is 2.31. The van der Waals surface area contributed by atoms with E-state index in [0.717, 1.165) is 42.6 Å². The number of halogens is 1. The number of carbonyl (C=O) groups is 1. The largest absolute Gasteiger partial charge is 0.333 e. The van der Waals surface area contributed by atoms with Crippen molar-refractivity contribution in [2.45, 2.75) is 19.0 Å². The summed E-state index contributed by atoms with van der Waals surface area (Å²) in [7, 11) is 0. The van der Waals surface area contributed by atoms with Crippen LogP contribution in [0, 0.1) is 0 Å². The van der Waals surface area contributed by atoms with Crippen LogP contribution in [0.25, 0.3) is 0 Å². The van der Waals surface area contributed by atoms with Gasteiger partial charge in [0.2, 0.25) is 0 Å². The van der Waals surface area contributed by atoms with E-state index in [1.165, 1.54) is 11.1 Å². The lowest BCUT2D eigenvalue weighted by Gasteiger charge is -2.44. The van der Waals surface area contributed by atoms with E-state index in [9.17, 15) is 4.79 Å². The first kappa shape index (κ1) is 14.9. The number of rotatable bonds is 2. The van der Waals surface area contributed by atoms with Crippen LogP contribution in [0.5, 0.6) is 0 Å². The molecule has 0 aromatic heterocycles. The van der Waals surface area contributed by atoms with E-state index in [1.54, 1.807) is 0 Å². The second-order valence-corrected chi connectivity index (χ2v) is 7.21. The second-order valence-electron chi connectivity index (χ2n) is 6.35. The van der Waals surface area contributed by atoms with Crippen LogP contribution in [0.15, 0.2) is 53.0 Å². The molecule has 2 aliphatic rings. The summed E-state index contributed by atoms with van der Waals surface area (Å²) in [6, 6.07) is 16.9. The molecular weight excluding hydrogens is 352 g/mol. The summed E-state index contributed by atoms with van der Waals surface area (Å²) >= 11 is 3.54. The van der Waals surface area contributed by atoms with Crippen molar-refractivity contribution in [1.82, 2.24) is 9.80 Å². The van der Waals surface area contributed by atoms with Crippen LogP contribution in [0.2, 0.25) is 0 Å². The molecule has 4 heteroatoms. The monoisotopic (exact) mass is 370 g/mol. The summed E-state index contributed by atoms with van der Waals surface area (Å²) in [4.78, 5) is 17.3. The molecule has 23 heavy (non-hydrogen) atoms. The molecule has 2 aromatic rings. The average molecular weight is 371 g/mol. The maximum Gasteiger partial charge on any atom is 0.255 e. The minimum absolute atomic E-state index is 0.183. The summed E-state index contributed by atoms with van der Waals surface area (Å²) in [6.45, 7) is 3.67. The van der Waals surface area contributed by atoms with Gasteiger partial charge >= 0.3 is 0 Å². The first-order valence-corrected chi connectivity index (χ1v) is 8.86. The van der Waals surface area contributed by atoms with Crippen molar-refractivity contribution < 1.29 is 4.79 Å². The molecule has 2 aliphatic heterocycles. The number of hydrogen-bond acceptors (Lipinski definition) is 2. The summed E-state index contributed by atoms with van der Waals surface area (Å²) in [6.07, 6.45) is 0.950. The van der Waals surface area contributed by atoms with Crippen molar-refractivity contribution in [2.75, 3.05) is 19.6 Å². The standard InChI is InChI=1S/C19H19BrN2O/c20-17-8-4-7-15-11-16-13-21(12-14-5-2-1-3-6-14)9-10-22(16)19(23)18(15)17/h1-8,16H,9-13H2. The predicted molar refractivity (Wildman–Crippen MR) is 94.4 cm³/mol. The minimum Gasteiger partial charge on any atom is -0.333 e. The van der Waals surface area contributed by atoms with E-state index in [4.69, 9.17) is 0 Å². The fourth-order valence-electron chi connectivity index (χ4n) is 3.72. The lowest BCUT2D eigenvalue weighted by Crippen LogP contribution is -2.57. The smallest absolute Gasteiger partial charge is 0.255 e. The molecule has 1 amide bonds. The van der Waals surface area contributed by atoms with Gasteiger partial charge in [0.15, 0.2) is 0 Å². The van der Waals surface area contributed by atoms with E-state index in [2.05, 4.69) is 62.1 Å². The molecule has 0 saturated carbocycles. The molecule has 1 fully saturated rings. The molecule has 3 nitrogen and oxygen atoms in total. The van der Waals surface area contributed by atoms with E-state index in [0.29, 0.717) is 6.04 Å². The third-order valence-electron chi connectivity index (χ3n) is 4.85. The number of carbonyl (C=O) groups excluding carboxylic acids is 1. The molecule has 1 atom stereocenters. The highest BCUT2D eigenvalue weighted by atomic mass is 79.9. The Balaban J connectivity index is 1.54. The van der Waals surface area contributed by atoms with Crippen LogP contribution >= 0.6 is 15.9 Å². The molecule has 0 N–H and O–H groups in total. The van der Waals surface area contributed by atoms with Gasteiger partial charge in [-0.3, -0.25) is 9.69 Å². The third-order valence-corrected chi connectivity index (χ3v) is 5.51. The Hall–Kier alpha value is -1.65. The van der Waals surface area contributed by atoms with Crippen LogP contribution in [0.3, 0.4) is 0 Å². The first-order chi connectivity index (χ1) is 11.2. The Morgan fingerprint density at radius 2 is 1.87 bits per heavy atom.